The Labute approximate surface area is 137 Å². The highest BCUT2D eigenvalue weighted by Crippen LogP contribution is 2.25. The maximum atomic E-state index is 13.9. The molecule has 1 amide bonds. The SMILES string of the molecule is O=C1/C(=C\c2ccc(Cl)cc2)NC(=S)N1c1ccccc1F. The van der Waals surface area contributed by atoms with Gasteiger partial charge in [-0.05, 0) is 48.1 Å². The van der Waals surface area contributed by atoms with Crippen molar-refractivity contribution in [3.05, 3.63) is 70.6 Å². The normalized spacial score (nSPS) is 16.3. The van der Waals surface area contributed by atoms with Crippen LogP contribution in [0.1, 0.15) is 5.56 Å². The summed E-state index contributed by atoms with van der Waals surface area (Å²) in [5, 5.41) is 3.57. The summed E-state index contributed by atoms with van der Waals surface area (Å²) >= 11 is 11.0. The van der Waals surface area contributed by atoms with Crippen LogP contribution in [0, 0.1) is 5.82 Å². The van der Waals surface area contributed by atoms with E-state index in [4.69, 9.17) is 23.8 Å². The molecule has 0 aliphatic carbocycles. The third-order valence-corrected chi connectivity index (χ3v) is 3.69. The number of halogens is 2. The van der Waals surface area contributed by atoms with Crippen molar-refractivity contribution in [1.29, 1.82) is 0 Å². The van der Waals surface area contributed by atoms with E-state index in [1.54, 1.807) is 42.5 Å². The highest BCUT2D eigenvalue weighted by Gasteiger charge is 2.33. The number of rotatable bonds is 2. The summed E-state index contributed by atoms with van der Waals surface area (Å²) in [5.41, 5.74) is 1.21. The van der Waals surface area contributed by atoms with Crippen LogP contribution in [-0.4, -0.2) is 11.0 Å². The summed E-state index contributed by atoms with van der Waals surface area (Å²) < 4.78 is 13.9. The summed E-state index contributed by atoms with van der Waals surface area (Å²) in [6, 6.07) is 13.0. The number of thiocarbonyl (C=S) groups is 1. The minimum absolute atomic E-state index is 0.129. The number of anilines is 1. The standard InChI is InChI=1S/C16H10ClFN2OS/c17-11-7-5-10(6-8-11)9-13-15(21)20(16(22)19-13)14-4-2-1-3-12(14)18/h1-9H,(H,19,22)/b13-9+. The van der Waals surface area contributed by atoms with Crippen LogP contribution in [0.2, 0.25) is 5.02 Å². The molecule has 110 valence electrons. The van der Waals surface area contributed by atoms with Gasteiger partial charge in [-0.3, -0.25) is 4.79 Å². The highest BCUT2D eigenvalue weighted by molar-refractivity contribution is 7.80. The summed E-state index contributed by atoms with van der Waals surface area (Å²) in [7, 11) is 0. The first-order chi connectivity index (χ1) is 10.6. The first-order valence-corrected chi connectivity index (χ1v) is 7.22. The summed E-state index contributed by atoms with van der Waals surface area (Å²) in [6.45, 7) is 0. The minimum atomic E-state index is -0.507. The fourth-order valence-corrected chi connectivity index (χ4v) is 2.53. The van der Waals surface area contributed by atoms with Crippen molar-refractivity contribution >= 4 is 46.6 Å². The zero-order valence-corrected chi connectivity index (χ0v) is 12.8. The van der Waals surface area contributed by atoms with Gasteiger partial charge < -0.3 is 5.32 Å². The van der Waals surface area contributed by atoms with Crippen LogP contribution in [0.25, 0.3) is 6.08 Å². The first-order valence-electron chi connectivity index (χ1n) is 6.43. The summed E-state index contributed by atoms with van der Waals surface area (Å²) in [5.74, 6) is -0.905. The lowest BCUT2D eigenvalue weighted by Gasteiger charge is -2.14. The van der Waals surface area contributed by atoms with Gasteiger partial charge in [-0.15, -0.1) is 0 Å². The number of nitrogens with one attached hydrogen (secondary N) is 1. The lowest BCUT2D eigenvalue weighted by atomic mass is 10.2. The highest BCUT2D eigenvalue weighted by atomic mass is 35.5. The molecule has 2 aromatic rings. The number of carbonyl (C=O) groups excluding carboxylic acids is 1. The third kappa shape index (κ3) is 2.73. The molecule has 0 aromatic heterocycles. The van der Waals surface area contributed by atoms with E-state index in [1.165, 1.54) is 12.1 Å². The predicted octanol–water partition coefficient (Wildman–Crippen LogP) is 3.74. The van der Waals surface area contributed by atoms with Crippen molar-refractivity contribution in [3.63, 3.8) is 0 Å². The smallest absolute Gasteiger partial charge is 0.281 e. The van der Waals surface area contributed by atoms with E-state index in [2.05, 4.69) is 5.32 Å². The van der Waals surface area contributed by atoms with Gasteiger partial charge in [0.05, 0.1) is 5.69 Å². The van der Waals surface area contributed by atoms with Gasteiger partial charge in [0, 0.05) is 5.02 Å². The Morgan fingerprint density at radius 3 is 2.50 bits per heavy atom. The van der Waals surface area contributed by atoms with Crippen LogP contribution in [0.4, 0.5) is 10.1 Å². The van der Waals surface area contributed by atoms with Crippen LogP contribution < -0.4 is 10.2 Å². The zero-order valence-electron chi connectivity index (χ0n) is 11.2. The fourth-order valence-electron chi connectivity index (χ4n) is 2.11. The van der Waals surface area contributed by atoms with Crippen molar-refractivity contribution in [2.75, 3.05) is 4.90 Å². The molecule has 0 radical (unpaired) electrons. The van der Waals surface area contributed by atoms with Gasteiger partial charge in [-0.2, -0.15) is 0 Å². The van der Waals surface area contributed by atoms with Crippen molar-refractivity contribution < 1.29 is 9.18 Å². The summed E-state index contributed by atoms with van der Waals surface area (Å²) in [6.07, 6.45) is 1.64. The monoisotopic (exact) mass is 332 g/mol. The molecular formula is C16H10ClFN2OS. The van der Waals surface area contributed by atoms with E-state index in [0.29, 0.717) is 5.02 Å². The number of carbonyl (C=O) groups is 1. The number of para-hydroxylation sites is 1. The molecule has 0 spiro atoms. The molecule has 3 nitrogen and oxygen atoms in total. The Balaban J connectivity index is 1.95. The molecule has 2 aromatic carbocycles. The average molecular weight is 333 g/mol. The van der Waals surface area contributed by atoms with Crippen molar-refractivity contribution in [1.82, 2.24) is 5.32 Å². The molecule has 0 bridgehead atoms. The van der Waals surface area contributed by atoms with Crippen molar-refractivity contribution in [2.24, 2.45) is 0 Å². The summed E-state index contributed by atoms with van der Waals surface area (Å²) in [4.78, 5) is 13.6. The Bertz CT molecular complexity index is 789. The average Bonchev–Trinajstić information content (AvgIpc) is 2.77. The van der Waals surface area contributed by atoms with Crippen molar-refractivity contribution in [2.45, 2.75) is 0 Å². The maximum Gasteiger partial charge on any atom is 0.281 e. The van der Waals surface area contributed by atoms with Crippen LogP contribution in [0.3, 0.4) is 0 Å². The van der Waals surface area contributed by atoms with Crippen LogP contribution >= 0.6 is 23.8 Å². The third-order valence-electron chi connectivity index (χ3n) is 3.15. The molecule has 0 atom stereocenters. The topological polar surface area (TPSA) is 32.3 Å². The van der Waals surface area contributed by atoms with Gasteiger partial charge in [-0.1, -0.05) is 35.9 Å². The largest absolute Gasteiger partial charge is 0.327 e. The molecule has 1 N–H and O–H groups in total. The molecule has 0 unspecified atom stereocenters. The molecule has 6 heteroatoms. The number of hydrogen-bond acceptors (Lipinski definition) is 2. The number of nitrogens with zero attached hydrogens (tertiary/aromatic N) is 1. The van der Waals surface area contributed by atoms with E-state index in [0.717, 1.165) is 10.5 Å². The Morgan fingerprint density at radius 2 is 1.82 bits per heavy atom. The van der Waals surface area contributed by atoms with Crippen molar-refractivity contribution in [3.8, 4) is 0 Å². The fraction of sp³-hybridized carbons (Fsp3) is 0. The van der Waals surface area contributed by atoms with Gasteiger partial charge in [0.1, 0.15) is 11.5 Å². The number of benzene rings is 2. The Hall–Kier alpha value is -2.24. The van der Waals surface area contributed by atoms with Crippen LogP contribution in [0.5, 0.6) is 0 Å². The van der Waals surface area contributed by atoms with Gasteiger partial charge in [-0.25, -0.2) is 9.29 Å². The molecule has 1 saturated heterocycles. The molecular weight excluding hydrogens is 323 g/mol. The zero-order chi connectivity index (χ0) is 15.7. The lowest BCUT2D eigenvalue weighted by molar-refractivity contribution is -0.113. The van der Waals surface area contributed by atoms with E-state index >= 15 is 0 Å². The molecule has 1 aliphatic rings. The molecule has 1 fully saturated rings. The first kappa shape index (κ1) is 14.7. The number of amides is 1. The van der Waals surface area contributed by atoms with Crippen LogP contribution in [-0.2, 0) is 4.79 Å². The Kier molecular flexibility index (Phi) is 3.92. The van der Waals surface area contributed by atoms with Crippen LogP contribution in [0.15, 0.2) is 54.2 Å². The predicted molar refractivity (Wildman–Crippen MR) is 89.0 cm³/mol. The van der Waals surface area contributed by atoms with E-state index in [-0.39, 0.29) is 16.5 Å². The maximum absolute atomic E-state index is 13.9. The van der Waals surface area contributed by atoms with Gasteiger partial charge in [0.2, 0.25) is 0 Å². The second-order valence-electron chi connectivity index (χ2n) is 4.63. The molecule has 1 aliphatic heterocycles. The molecule has 1 heterocycles. The van der Waals surface area contributed by atoms with E-state index < -0.39 is 11.7 Å². The van der Waals surface area contributed by atoms with Gasteiger partial charge >= 0.3 is 0 Å². The second kappa shape index (κ2) is 5.87. The van der Waals surface area contributed by atoms with Gasteiger partial charge in [0.25, 0.3) is 5.91 Å². The molecule has 3 rings (SSSR count). The quantitative estimate of drug-likeness (QED) is 0.671. The number of hydrogen-bond donors (Lipinski definition) is 1. The second-order valence-corrected chi connectivity index (χ2v) is 5.45. The minimum Gasteiger partial charge on any atom is -0.327 e. The van der Waals surface area contributed by atoms with Gasteiger partial charge in [0.15, 0.2) is 5.11 Å². The lowest BCUT2D eigenvalue weighted by Crippen LogP contribution is -2.31. The molecule has 22 heavy (non-hydrogen) atoms. The molecule has 0 saturated carbocycles. The van der Waals surface area contributed by atoms with E-state index in [9.17, 15) is 9.18 Å². The van der Waals surface area contributed by atoms with E-state index in [1.807, 2.05) is 0 Å². The Morgan fingerprint density at radius 1 is 1.14 bits per heavy atom.